The molecule has 0 aliphatic carbocycles. The van der Waals surface area contributed by atoms with Gasteiger partial charge in [-0.3, -0.25) is 20.4 Å². The quantitative estimate of drug-likeness (QED) is 0.679. The number of rotatable bonds is 4. The molecule has 0 unspecified atom stereocenters. The van der Waals surface area contributed by atoms with Crippen LogP contribution in [0.1, 0.15) is 46.3 Å². The van der Waals surface area contributed by atoms with Crippen molar-refractivity contribution in [1.82, 2.24) is 25.6 Å². The Balaban J connectivity index is 1.75. The SMILES string of the molecule is Cc1nc2c(cnn2C(C)C)cc1C(=O)NNC(=O)c1cccc(N(C)C)c1. The second kappa shape index (κ2) is 7.67. The number of amides is 2. The average molecular weight is 380 g/mol. The first-order valence-corrected chi connectivity index (χ1v) is 9.01. The lowest BCUT2D eigenvalue weighted by molar-refractivity contribution is 0.0846. The van der Waals surface area contributed by atoms with Crippen LogP contribution in [0.4, 0.5) is 5.69 Å². The minimum absolute atomic E-state index is 0.168. The number of nitrogens with zero attached hydrogens (tertiary/aromatic N) is 4. The van der Waals surface area contributed by atoms with Crippen LogP contribution in [-0.4, -0.2) is 40.7 Å². The number of aryl methyl sites for hydroxylation is 1. The molecule has 0 saturated heterocycles. The summed E-state index contributed by atoms with van der Waals surface area (Å²) >= 11 is 0. The molecule has 1 aromatic carbocycles. The van der Waals surface area contributed by atoms with Crippen LogP contribution in [0.15, 0.2) is 36.5 Å². The van der Waals surface area contributed by atoms with Crippen LogP contribution in [0, 0.1) is 6.92 Å². The Labute approximate surface area is 163 Å². The molecule has 0 aliphatic rings. The van der Waals surface area contributed by atoms with Crippen molar-refractivity contribution in [3.05, 3.63) is 53.3 Å². The fourth-order valence-electron chi connectivity index (χ4n) is 2.85. The smallest absolute Gasteiger partial charge is 0.271 e. The zero-order valence-corrected chi connectivity index (χ0v) is 16.6. The molecule has 2 N–H and O–H groups in total. The molecule has 0 fully saturated rings. The number of hydrogen-bond acceptors (Lipinski definition) is 5. The van der Waals surface area contributed by atoms with E-state index in [1.165, 1.54) is 0 Å². The lowest BCUT2D eigenvalue weighted by Gasteiger charge is -2.14. The van der Waals surface area contributed by atoms with Crippen LogP contribution in [0.2, 0.25) is 0 Å². The van der Waals surface area contributed by atoms with Crippen molar-refractivity contribution in [2.24, 2.45) is 0 Å². The minimum atomic E-state index is -0.429. The third-order valence-corrected chi connectivity index (χ3v) is 4.41. The molecule has 0 bridgehead atoms. The zero-order chi connectivity index (χ0) is 20.4. The predicted molar refractivity (Wildman–Crippen MR) is 108 cm³/mol. The molecular formula is C20H24N6O2. The Morgan fingerprint density at radius 2 is 1.82 bits per heavy atom. The highest BCUT2D eigenvalue weighted by Gasteiger charge is 2.16. The number of nitrogens with one attached hydrogen (secondary N) is 2. The zero-order valence-electron chi connectivity index (χ0n) is 16.6. The molecule has 8 heteroatoms. The van der Waals surface area contributed by atoms with Crippen LogP contribution in [0.25, 0.3) is 11.0 Å². The highest BCUT2D eigenvalue weighted by Crippen LogP contribution is 2.19. The van der Waals surface area contributed by atoms with Crippen molar-refractivity contribution in [3.8, 4) is 0 Å². The maximum absolute atomic E-state index is 12.6. The summed E-state index contributed by atoms with van der Waals surface area (Å²) in [6.07, 6.45) is 1.68. The second-order valence-electron chi connectivity index (χ2n) is 7.07. The van der Waals surface area contributed by atoms with Gasteiger partial charge < -0.3 is 4.90 Å². The highest BCUT2D eigenvalue weighted by molar-refractivity contribution is 6.01. The first kappa shape index (κ1) is 19.3. The van der Waals surface area contributed by atoms with E-state index >= 15 is 0 Å². The number of pyridine rings is 1. The van der Waals surface area contributed by atoms with Crippen molar-refractivity contribution >= 4 is 28.5 Å². The van der Waals surface area contributed by atoms with E-state index in [1.807, 2.05) is 43.6 Å². The van der Waals surface area contributed by atoms with E-state index in [-0.39, 0.29) is 6.04 Å². The van der Waals surface area contributed by atoms with E-state index in [2.05, 4.69) is 20.9 Å². The third kappa shape index (κ3) is 3.80. The highest BCUT2D eigenvalue weighted by atomic mass is 16.2. The van der Waals surface area contributed by atoms with Crippen molar-refractivity contribution < 1.29 is 9.59 Å². The standard InChI is InChI=1S/C20H24N6O2/c1-12(2)26-18-15(11-21-26)10-17(13(3)22-18)20(28)24-23-19(27)14-7-6-8-16(9-14)25(4)5/h6-12H,1-5H3,(H,23,27)(H,24,28). The summed E-state index contributed by atoms with van der Waals surface area (Å²) in [4.78, 5) is 31.3. The largest absolute Gasteiger partial charge is 0.378 e. The van der Waals surface area contributed by atoms with Crippen LogP contribution < -0.4 is 15.8 Å². The molecular weight excluding hydrogens is 356 g/mol. The number of carbonyl (C=O) groups excluding carboxylic acids is 2. The molecule has 0 spiro atoms. The van der Waals surface area contributed by atoms with E-state index in [0.29, 0.717) is 16.8 Å². The summed E-state index contributed by atoms with van der Waals surface area (Å²) < 4.78 is 1.81. The van der Waals surface area contributed by atoms with E-state index < -0.39 is 11.8 Å². The molecule has 3 rings (SSSR count). The van der Waals surface area contributed by atoms with Gasteiger partial charge in [-0.15, -0.1) is 0 Å². The molecule has 8 nitrogen and oxygen atoms in total. The number of anilines is 1. The van der Waals surface area contributed by atoms with E-state index in [1.54, 1.807) is 37.4 Å². The lowest BCUT2D eigenvalue weighted by atomic mass is 10.1. The van der Waals surface area contributed by atoms with Crippen molar-refractivity contribution in [2.75, 3.05) is 19.0 Å². The number of hydrazine groups is 1. The van der Waals surface area contributed by atoms with Gasteiger partial charge >= 0.3 is 0 Å². The molecule has 0 radical (unpaired) electrons. The Morgan fingerprint density at radius 1 is 1.11 bits per heavy atom. The summed E-state index contributed by atoms with van der Waals surface area (Å²) in [5, 5.41) is 5.09. The van der Waals surface area contributed by atoms with Crippen molar-refractivity contribution in [2.45, 2.75) is 26.8 Å². The summed E-state index contributed by atoms with van der Waals surface area (Å²) in [5.41, 5.74) is 7.95. The Bertz CT molecular complexity index is 1040. The molecule has 28 heavy (non-hydrogen) atoms. The Kier molecular flexibility index (Phi) is 5.30. The third-order valence-electron chi connectivity index (χ3n) is 4.41. The fourth-order valence-corrected chi connectivity index (χ4v) is 2.85. The van der Waals surface area contributed by atoms with Gasteiger partial charge in [-0.2, -0.15) is 5.10 Å². The van der Waals surface area contributed by atoms with E-state index in [4.69, 9.17) is 0 Å². The van der Waals surface area contributed by atoms with Gasteiger partial charge in [0.2, 0.25) is 0 Å². The summed E-state index contributed by atoms with van der Waals surface area (Å²) in [5.74, 6) is -0.822. The van der Waals surface area contributed by atoms with Gasteiger partial charge in [0.05, 0.1) is 17.5 Å². The van der Waals surface area contributed by atoms with Gasteiger partial charge in [0, 0.05) is 36.8 Å². The van der Waals surface area contributed by atoms with Gasteiger partial charge in [-0.25, -0.2) is 9.67 Å². The van der Waals surface area contributed by atoms with Gasteiger partial charge in [0.1, 0.15) is 0 Å². The monoisotopic (exact) mass is 380 g/mol. The number of hydrogen-bond donors (Lipinski definition) is 2. The molecule has 3 aromatic rings. The number of benzene rings is 1. The number of aromatic nitrogens is 3. The van der Waals surface area contributed by atoms with Crippen LogP contribution in [-0.2, 0) is 0 Å². The number of carbonyl (C=O) groups is 2. The Morgan fingerprint density at radius 3 is 2.50 bits per heavy atom. The molecule has 2 amide bonds. The lowest BCUT2D eigenvalue weighted by Crippen LogP contribution is -2.42. The second-order valence-corrected chi connectivity index (χ2v) is 7.07. The van der Waals surface area contributed by atoms with E-state index in [0.717, 1.165) is 16.7 Å². The molecule has 2 aromatic heterocycles. The molecule has 146 valence electrons. The average Bonchev–Trinajstić information content (AvgIpc) is 3.08. The van der Waals surface area contributed by atoms with Gasteiger partial charge in [0.25, 0.3) is 11.8 Å². The Hall–Kier alpha value is -3.42. The van der Waals surface area contributed by atoms with Gasteiger partial charge in [-0.05, 0) is 45.0 Å². The molecule has 0 saturated carbocycles. The number of fused-ring (bicyclic) bond motifs is 1. The molecule has 0 aliphatic heterocycles. The van der Waals surface area contributed by atoms with Crippen LogP contribution in [0.3, 0.4) is 0 Å². The summed E-state index contributed by atoms with van der Waals surface area (Å²) in [6, 6.07) is 9.03. The van der Waals surface area contributed by atoms with Crippen molar-refractivity contribution in [1.29, 1.82) is 0 Å². The maximum Gasteiger partial charge on any atom is 0.271 e. The van der Waals surface area contributed by atoms with Crippen molar-refractivity contribution in [3.63, 3.8) is 0 Å². The first-order chi connectivity index (χ1) is 13.3. The maximum atomic E-state index is 12.6. The summed E-state index contributed by atoms with van der Waals surface area (Å²) in [6.45, 7) is 5.80. The van der Waals surface area contributed by atoms with E-state index in [9.17, 15) is 9.59 Å². The van der Waals surface area contributed by atoms with Gasteiger partial charge in [0.15, 0.2) is 5.65 Å². The predicted octanol–water partition coefficient (Wildman–Crippen LogP) is 2.46. The normalized spacial score (nSPS) is 10.9. The molecule has 0 atom stereocenters. The van der Waals surface area contributed by atoms with Gasteiger partial charge in [-0.1, -0.05) is 6.07 Å². The molecule has 2 heterocycles. The minimum Gasteiger partial charge on any atom is -0.378 e. The first-order valence-electron chi connectivity index (χ1n) is 9.01. The summed E-state index contributed by atoms with van der Waals surface area (Å²) in [7, 11) is 3.79. The van der Waals surface area contributed by atoms with Crippen LogP contribution >= 0.6 is 0 Å². The fraction of sp³-hybridized carbons (Fsp3) is 0.300. The van der Waals surface area contributed by atoms with Crippen LogP contribution in [0.5, 0.6) is 0 Å². The topological polar surface area (TPSA) is 92.1 Å².